The van der Waals surface area contributed by atoms with Crippen LogP contribution in [0.3, 0.4) is 0 Å². The largest absolute Gasteiger partial charge is 0.507 e. The number of thioether (sulfide) groups is 1. The van der Waals surface area contributed by atoms with E-state index in [0.29, 0.717) is 5.92 Å². The topological polar surface area (TPSA) is 37.3 Å². The number of Topliss-reactive ketones (excluding diaryl/α,β-unsaturated/α-hetero) is 1. The Morgan fingerprint density at radius 2 is 2.19 bits per heavy atom. The number of phenols is 1. The van der Waals surface area contributed by atoms with Crippen LogP contribution in [0.25, 0.3) is 0 Å². The predicted octanol–water partition coefficient (Wildman–Crippen LogP) is 3.10. The van der Waals surface area contributed by atoms with E-state index in [1.165, 1.54) is 17.8 Å². The molecule has 0 aromatic heterocycles. The lowest BCUT2D eigenvalue weighted by molar-refractivity contribution is 0.101. The Labute approximate surface area is 98.9 Å². The molecule has 1 aromatic rings. The normalized spacial score (nSPS) is 10.8. The molecular weight excluding hydrogens is 227 g/mol. The molecule has 0 unspecified atom stereocenters. The molecule has 0 bridgehead atoms. The number of benzene rings is 1. The number of halogens is 1. The van der Waals surface area contributed by atoms with Gasteiger partial charge in [0, 0.05) is 0 Å². The number of rotatable bonds is 5. The number of hydrogen-bond donors (Lipinski definition) is 1. The van der Waals surface area contributed by atoms with Gasteiger partial charge >= 0.3 is 0 Å². The van der Waals surface area contributed by atoms with E-state index < -0.39 is 5.82 Å². The van der Waals surface area contributed by atoms with Crippen molar-refractivity contribution in [2.75, 3.05) is 11.5 Å². The Morgan fingerprint density at radius 3 is 2.81 bits per heavy atom. The van der Waals surface area contributed by atoms with Gasteiger partial charge in [-0.2, -0.15) is 11.8 Å². The maximum absolute atomic E-state index is 12.9. The molecule has 0 saturated heterocycles. The highest BCUT2D eigenvalue weighted by molar-refractivity contribution is 7.99. The summed E-state index contributed by atoms with van der Waals surface area (Å²) in [5.74, 6) is 0.768. The summed E-state index contributed by atoms with van der Waals surface area (Å²) in [6.45, 7) is 4.13. The van der Waals surface area contributed by atoms with Crippen molar-refractivity contribution in [1.82, 2.24) is 0 Å². The van der Waals surface area contributed by atoms with E-state index in [1.807, 2.05) is 0 Å². The number of aromatic hydroxyl groups is 1. The molecule has 0 radical (unpaired) electrons. The van der Waals surface area contributed by atoms with Crippen molar-refractivity contribution in [3.8, 4) is 5.75 Å². The van der Waals surface area contributed by atoms with Gasteiger partial charge < -0.3 is 5.11 Å². The maximum atomic E-state index is 12.9. The second kappa shape index (κ2) is 5.89. The lowest BCUT2D eigenvalue weighted by atomic mass is 10.1. The molecule has 0 spiro atoms. The van der Waals surface area contributed by atoms with Gasteiger partial charge in [0.1, 0.15) is 11.6 Å². The zero-order valence-electron chi connectivity index (χ0n) is 9.37. The minimum Gasteiger partial charge on any atom is -0.507 e. The lowest BCUT2D eigenvalue weighted by Gasteiger charge is -2.05. The average molecular weight is 242 g/mol. The summed E-state index contributed by atoms with van der Waals surface area (Å²) in [4.78, 5) is 11.7. The monoisotopic (exact) mass is 242 g/mol. The van der Waals surface area contributed by atoms with Crippen LogP contribution in [0.5, 0.6) is 5.75 Å². The summed E-state index contributed by atoms with van der Waals surface area (Å²) in [5, 5.41) is 9.42. The second-order valence-corrected chi connectivity index (χ2v) is 5.02. The smallest absolute Gasteiger partial charge is 0.176 e. The molecule has 0 saturated carbocycles. The standard InChI is InChI=1S/C12H15FO2S/c1-8(2)6-16-7-12(15)10-5-9(13)3-4-11(10)14/h3-5,8,14H,6-7H2,1-2H3. The molecular formula is C12H15FO2S. The molecule has 0 fully saturated rings. The summed E-state index contributed by atoms with van der Waals surface area (Å²) in [5.41, 5.74) is 0.0660. The van der Waals surface area contributed by atoms with E-state index in [4.69, 9.17) is 0 Å². The van der Waals surface area contributed by atoms with Crippen molar-refractivity contribution in [2.45, 2.75) is 13.8 Å². The van der Waals surface area contributed by atoms with Crippen molar-refractivity contribution in [1.29, 1.82) is 0 Å². The maximum Gasteiger partial charge on any atom is 0.176 e. The Morgan fingerprint density at radius 1 is 1.50 bits per heavy atom. The van der Waals surface area contributed by atoms with Gasteiger partial charge in [0.25, 0.3) is 0 Å². The first-order valence-corrected chi connectivity index (χ1v) is 6.25. The quantitative estimate of drug-likeness (QED) is 0.806. The summed E-state index contributed by atoms with van der Waals surface area (Å²) in [6, 6.07) is 3.41. The van der Waals surface area contributed by atoms with E-state index in [2.05, 4.69) is 13.8 Å². The fourth-order valence-corrected chi connectivity index (χ4v) is 2.13. The first kappa shape index (κ1) is 13.0. The van der Waals surface area contributed by atoms with E-state index in [9.17, 15) is 14.3 Å². The van der Waals surface area contributed by atoms with E-state index >= 15 is 0 Å². The van der Waals surface area contributed by atoms with Crippen LogP contribution in [0.4, 0.5) is 4.39 Å². The molecule has 1 aromatic carbocycles. The predicted molar refractivity (Wildman–Crippen MR) is 64.6 cm³/mol. The molecule has 0 aliphatic heterocycles. The van der Waals surface area contributed by atoms with Crippen LogP contribution in [0.1, 0.15) is 24.2 Å². The van der Waals surface area contributed by atoms with Gasteiger partial charge in [-0.1, -0.05) is 13.8 Å². The molecule has 1 N–H and O–H groups in total. The fraction of sp³-hybridized carbons (Fsp3) is 0.417. The third kappa shape index (κ3) is 3.85. The third-order valence-corrected chi connectivity index (χ3v) is 3.31. The van der Waals surface area contributed by atoms with Crippen LogP contribution in [-0.2, 0) is 0 Å². The highest BCUT2D eigenvalue weighted by Crippen LogP contribution is 2.20. The van der Waals surface area contributed by atoms with Crippen molar-refractivity contribution in [3.63, 3.8) is 0 Å². The number of phenolic OH excluding ortho intramolecular Hbond substituents is 1. The van der Waals surface area contributed by atoms with Crippen LogP contribution in [0, 0.1) is 11.7 Å². The SMILES string of the molecule is CC(C)CSCC(=O)c1cc(F)ccc1O. The molecule has 2 nitrogen and oxygen atoms in total. The minimum atomic E-state index is -0.505. The molecule has 16 heavy (non-hydrogen) atoms. The first-order valence-electron chi connectivity index (χ1n) is 5.10. The van der Waals surface area contributed by atoms with Crippen molar-refractivity contribution in [3.05, 3.63) is 29.6 Å². The van der Waals surface area contributed by atoms with Crippen LogP contribution in [0.2, 0.25) is 0 Å². The number of carbonyl (C=O) groups excluding carboxylic acids is 1. The highest BCUT2D eigenvalue weighted by atomic mass is 32.2. The van der Waals surface area contributed by atoms with Crippen LogP contribution < -0.4 is 0 Å². The number of carbonyl (C=O) groups is 1. The van der Waals surface area contributed by atoms with Gasteiger partial charge in [-0.05, 0) is 29.9 Å². The molecule has 0 atom stereocenters. The van der Waals surface area contributed by atoms with Crippen molar-refractivity contribution < 1.29 is 14.3 Å². The zero-order chi connectivity index (χ0) is 12.1. The minimum absolute atomic E-state index is 0.0660. The van der Waals surface area contributed by atoms with E-state index in [0.717, 1.165) is 17.9 Å². The molecule has 1 rings (SSSR count). The Bertz CT molecular complexity index is 377. The van der Waals surface area contributed by atoms with Gasteiger partial charge in [-0.15, -0.1) is 0 Å². The zero-order valence-corrected chi connectivity index (χ0v) is 10.2. The lowest BCUT2D eigenvalue weighted by Crippen LogP contribution is -2.05. The summed E-state index contributed by atoms with van der Waals surface area (Å²) >= 11 is 1.50. The van der Waals surface area contributed by atoms with Crippen molar-refractivity contribution >= 4 is 17.5 Å². The van der Waals surface area contributed by atoms with Crippen LogP contribution in [0.15, 0.2) is 18.2 Å². The molecule has 0 aliphatic carbocycles. The number of ketones is 1. The first-order chi connectivity index (χ1) is 7.50. The molecule has 4 heteroatoms. The Balaban J connectivity index is 2.62. The second-order valence-electron chi connectivity index (χ2n) is 3.99. The molecule has 88 valence electrons. The van der Waals surface area contributed by atoms with E-state index in [-0.39, 0.29) is 22.8 Å². The summed E-state index contributed by atoms with van der Waals surface area (Å²) < 4.78 is 12.9. The highest BCUT2D eigenvalue weighted by Gasteiger charge is 2.12. The van der Waals surface area contributed by atoms with E-state index in [1.54, 1.807) is 0 Å². The van der Waals surface area contributed by atoms with Gasteiger partial charge in [-0.25, -0.2) is 4.39 Å². The van der Waals surface area contributed by atoms with Crippen molar-refractivity contribution in [2.24, 2.45) is 5.92 Å². The van der Waals surface area contributed by atoms with Gasteiger partial charge in [0.15, 0.2) is 5.78 Å². The number of hydrogen-bond acceptors (Lipinski definition) is 3. The Kier molecular flexibility index (Phi) is 4.80. The van der Waals surface area contributed by atoms with Crippen LogP contribution >= 0.6 is 11.8 Å². The van der Waals surface area contributed by atoms with Gasteiger partial charge in [0.05, 0.1) is 11.3 Å². The molecule has 0 amide bonds. The van der Waals surface area contributed by atoms with Gasteiger partial charge in [0.2, 0.25) is 0 Å². The summed E-state index contributed by atoms with van der Waals surface area (Å²) in [6.07, 6.45) is 0. The summed E-state index contributed by atoms with van der Waals surface area (Å²) in [7, 11) is 0. The van der Waals surface area contributed by atoms with Gasteiger partial charge in [-0.3, -0.25) is 4.79 Å². The average Bonchev–Trinajstić information content (AvgIpc) is 2.21. The Hall–Kier alpha value is -1.03. The molecule has 0 aliphatic rings. The van der Waals surface area contributed by atoms with Crippen LogP contribution in [-0.4, -0.2) is 22.4 Å². The molecule has 0 heterocycles. The third-order valence-electron chi connectivity index (χ3n) is 1.94. The fourth-order valence-electron chi connectivity index (χ4n) is 1.20.